The average Bonchev–Trinajstić information content (AvgIpc) is 2.78. The predicted molar refractivity (Wildman–Crippen MR) is 67.1 cm³/mol. The van der Waals surface area contributed by atoms with Crippen molar-refractivity contribution < 1.29 is 9.53 Å². The van der Waals surface area contributed by atoms with Crippen LogP contribution in [0, 0.1) is 0 Å². The first-order chi connectivity index (χ1) is 8.15. The maximum Gasteiger partial charge on any atom is 0.185 e. The van der Waals surface area contributed by atoms with E-state index in [0.29, 0.717) is 25.2 Å². The van der Waals surface area contributed by atoms with Crippen molar-refractivity contribution in [1.29, 1.82) is 0 Å². The first-order valence-electron chi connectivity index (χ1n) is 6.16. The zero-order valence-electron chi connectivity index (χ0n) is 10.2. The highest BCUT2D eigenvalue weighted by Gasteiger charge is 2.38. The largest absolute Gasteiger partial charge is 0.379 e. The molecule has 0 bridgehead atoms. The number of hydrogen-bond acceptors (Lipinski definition) is 3. The molecular weight excluding hydrogens is 214 g/mol. The van der Waals surface area contributed by atoms with Gasteiger partial charge in [0.05, 0.1) is 6.61 Å². The Labute approximate surface area is 102 Å². The van der Waals surface area contributed by atoms with Gasteiger partial charge in [-0.15, -0.1) is 0 Å². The summed E-state index contributed by atoms with van der Waals surface area (Å²) in [4.78, 5) is 12.2. The number of benzene rings is 1. The summed E-state index contributed by atoms with van der Waals surface area (Å²) in [5.74, 6) is -0.00181. The van der Waals surface area contributed by atoms with E-state index in [1.165, 1.54) is 5.56 Å². The molecule has 17 heavy (non-hydrogen) atoms. The third kappa shape index (κ3) is 2.56. The molecule has 2 N–H and O–H groups in total. The molecule has 0 aliphatic carbocycles. The Kier molecular flexibility index (Phi) is 3.60. The van der Waals surface area contributed by atoms with Crippen LogP contribution in [0.4, 0.5) is 0 Å². The van der Waals surface area contributed by atoms with Gasteiger partial charge < -0.3 is 10.5 Å². The van der Waals surface area contributed by atoms with Gasteiger partial charge in [-0.05, 0) is 18.4 Å². The summed E-state index contributed by atoms with van der Waals surface area (Å²) in [5, 5.41) is 0. The van der Waals surface area contributed by atoms with E-state index in [1.807, 2.05) is 24.3 Å². The molecule has 2 rings (SSSR count). The van der Waals surface area contributed by atoms with E-state index in [2.05, 4.69) is 6.92 Å². The number of rotatable bonds is 4. The molecule has 1 aromatic carbocycles. The third-order valence-electron chi connectivity index (χ3n) is 3.26. The van der Waals surface area contributed by atoms with Crippen LogP contribution in [0.5, 0.6) is 0 Å². The topological polar surface area (TPSA) is 52.3 Å². The number of ether oxygens (including phenoxy) is 1. The standard InChI is InChI=1S/C14H19NO2/c1-2-3-11-4-6-12(7-5-11)13(16)14(15)8-9-17-10-14/h4-7H,2-3,8-10,15H2,1H3. The van der Waals surface area contributed by atoms with Gasteiger partial charge in [0.1, 0.15) is 5.54 Å². The lowest BCUT2D eigenvalue weighted by Crippen LogP contribution is -2.48. The van der Waals surface area contributed by atoms with Crippen LogP contribution in [0.15, 0.2) is 24.3 Å². The lowest BCUT2D eigenvalue weighted by atomic mass is 9.89. The number of hydrogen-bond donors (Lipinski definition) is 1. The minimum absolute atomic E-state index is 0.00181. The van der Waals surface area contributed by atoms with Gasteiger partial charge in [0.15, 0.2) is 5.78 Å². The Balaban J connectivity index is 2.14. The first kappa shape index (κ1) is 12.3. The Bertz CT molecular complexity index is 391. The van der Waals surface area contributed by atoms with Crippen LogP contribution in [0.3, 0.4) is 0 Å². The number of carbonyl (C=O) groups excluding carboxylic acids is 1. The summed E-state index contributed by atoms with van der Waals surface area (Å²) in [7, 11) is 0. The van der Waals surface area contributed by atoms with Crippen molar-refractivity contribution in [3.05, 3.63) is 35.4 Å². The van der Waals surface area contributed by atoms with Crippen molar-refractivity contribution in [2.24, 2.45) is 5.73 Å². The van der Waals surface area contributed by atoms with Crippen molar-refractivity contribution in [1.82, 2.24) is 0 Å². The predicted octanol–water partition coefficient (Wildman–Crippen LogP) is 1.94. The molecule has 1 aliphatic rings. The fourth-order valence-electron chi connectivity index (χ4n) is 2.16. The van der Waals surface area contributed by atoms with E-state index in [1.54, 1.807) is 0 Å². The van der Waals surface area contributed by atoms with Gasteiger partial charge in [0.25, 0.3) is 0 Å². The summed E-state index contributed by atoms with van der Waals surface area (Å²) < 4.78 is 5.22. The molecule has 1 unspecified atom stereocenters. The average molecular weight is 233 g/mol. The number of aryl methyl sites for hydroxylation is 1. The molecule has 1 fully saturated rings. The quantitative estimate of drug-likeness (QED) is 0.809. The Morgan fingerprint density at radius 3 is 2.65 bits per heavy atom. The van der Waals surface area contributed by atoms with Gasteiger partial charge in [-0.2, -0.15) is 0 Å². The van der Waals surface area contributed by atoms with Crippen molar-refractivity contribution >= 4 is 5.78 Å². The number of Topliss-reactive ketones (excluding diaryl/α,β-unsaturated/α-hetero) is 1. The van der Waals surface area contributed by atoms with Gasteiger partial charge in [0, 0.05) is 12.2 Å². The highest BCUT2D eigenvalue weighted by atomic mass is 16.5. The summed E-state index contributed by atoms with van der Waals surface area (Å²) >= 11 is 0. The highest BCUT2D eigenvalue weighted by Crippen LogP contribution is 2.21. The molecule has 0 amide bonds. The van der Waals surface area contributed by atoms with Crippen molar-refractivity contribution in [2.75, 3.05) is 13.2 Å². The van der Waals surface area contributed by atoms with Crippen LogP contribution in [-0.2, 0) is 11.2 Å². The van der Waals surface area contributed by atoms with Crippen molar-refractivity contribution in [3.8, 4) is 0 Å². The molecule has 1 aromatic rings. The lowest BCUT2D eigenvalue weighted by Gasteiger charge is -2.19. The maximum absolute atomic E-state index is 12.2. The van der Waals surface area contributed by atoms with E-state index >= 15 is 0 Å². The first-order valence-corrected chi connectivity index (χ1v) is 6.16. The highest BCUT2D eigenvalue weighted by molar-refractivity contribution is 6.03. The SMILES string of the molecule is CCCc1ccc(C(=O)C2(N)CCOC2)cc1. The van der Waals surface area contributed by atoms with Gasteiger partial charge >= 0.3 is 0 Å². The molecule has 1 heterocycles. The van der Waals surface area contributed by atoms with E-state index in [9.17, 15) is 4.79 Å². The second-order valence-electron chi connectivity index (χ2n) is 4.73. The van der Waals surface area contributed by atoms with E-state index in [4.69, 9.17) is 10.5 Å². The summed E-state index contributed by atoms with van der Waals surface area (Å²) in [5.41, 5.74) is 7.20. The van der Waals surface area contributed by atoms with E-state index in [-0.39, 0.29) is 5.78 Å². The van der Waals surface area contributed by atoms with Crippen LogP contribution in [0.2, 0.25) is 0 Å². The second kappa shape index (κ2) is 4.98. The van der Waals surface area contributed by atoms with Crippen molar-refractivity contribution in [3.63, 3.8) is 0 Å². The Hall–Kier alpha value is -1.19. The van der Waals surface area contributed by atoms with Gasteiger partial charge in [0.2, 0.25) is 0 Å². The monoisotopic (exact) mass is 233 g/mol. The van der Waals surface area contributed by atoms with Crippen LogP contribution >= 0.6 is 0 Å². The number of carbonyl (C=O) groups is 1. The molecule has 3 heteroatoms. The lowest BCUT2D eigenvalue weighted by molar-refractivity contribution is 0.0863. The molecule has 92 valence electrons. The second-order valence-corrected chi connectivity index (χ2v) is 4.73. The van der Waals surface area contributed by atoms with E-state index < -0.39 is 5.54 Å². The number of ketones is 1. The summed E-state index contributed by atoms with van der Waals surface area (Å²) in [6, 6.07) is 7.77. The molecule has 0 spiro atoms. The minimum Gasteiger partial charge on any atom is -0.379 e. The van der Waals surface area contributed by atoms with Crippen molar-refractivity contribution in [2.45, 2.75) is 31.7 Å². The van der Waals surface area contributed by atoms with Gasteiger partial charge in [-0.3, -0.25) is 4.79 Å². The Morgan fingerprint density at radius 2 is 2.12 bits per heavy atom. The fraction of sp³-hybridized carbons (Fsp3) is 0.500. The molecular formula is C14H19NO2. The molecule has 3 nitrogen and oxygen atoms in total. The zero-order chi connectivity index (χ0) is 12.3. The smallest absolute Gasteiger partial charge is 0.185 e. The number of nitrogens with two attached hydrogens (primary N) is 1. The molecule has 1 atom stereocenters. The normalized spacial score (nSPS) is 23.9. The van der Waals surface area contributed by atoms with Gasteiger partial charge in [-0.25, -0.2) is 0 Å². The molecule has 1 aliphatic heterocycles. The zero-order valence-corrected chi connectivity index (χ0v) is 10.2. The molecule has 0 saturated carbocycles. The molecule has 1 saturated heterocycles. The van der Waals surface area contributed by atoms with Crippen LogP contribution < -0.4 is 5.73 Å². The summed E-state index contributed by atoms with van der Waals surface area (Å²) in [6.45, 7) is 3.06. The van der Waals surface area contributed by atoms with E-state index in [0.717, 1.165) is 12.8 Å². The van der Waals surface area contributed by atoms with Crippen LogP contribution in [0.25, 0.3) is 0 Å². The molecule has 0 radical (unpaired) electrons. The van der Waals surface area contributed by atoms with Crippen LogP contribution in [-0.4, -0.2) is 24.5 Å². The summed E-state index contributed by atoms with van der Waals surface area (Å²) in [6.07, 6.45) is 2.77. The van der Waals surface area contributed by atoms with Gasteiger partial charge in [-0.1, -0.05) is 37.6 Å². The fourth-order valence-corrected chi connectivity index (χ4v) is 2.16. The minimum atomic E-state index is -0.813. The Morgan fingerprint density at radius 1 is 1.41 bits per heavy atom. The van der Waals surface area contributed by atoms with Crippen LogP contribution in [0.1, 0.15) is 35.7 Å². The molecule has 0 aromatic heterocycles. The maximum atomic E-state index is 12.2. The third-order valence-corrected chi connectivity index (χ3v) is 3.26.